The summed E-state index contributed by atoms with van der Waals surface area (Å²) >= 11 is 0. The van der Waals surface area contributed by atoms with Gasteiger partial charge in [-0.2, -0.15) is 0 Å². The van der Waals surface area contributed by atoms with E-state index in [9.17, 15) is 14.7 Å². The van der Waals surface area contributed by atoms with Crippen LogP contribution in [0.5, 0.6) is 0 Å². The summed E-state index contributed by atoms with van der Waals surface area (Å²) in [6, 6.07) is 0. The SMILES string of the molecule is CCC1CCC(NC(=O)CCCC2CCOCC2)(C(=O)O)CC1. The van der Waals surface area contributed by atoms with E-state index >= 15 is 0 Å². The number of amides is 1. The number of nitrogens with one attached hydrogen (secondary N) is 1. The van der Waals surface area contributed by atoms with Gasteiger partial charge in [-0.05, 0) is 63.2 Å². The summed E-state index contributed by atoms with van der Waals surface area (Å²) in [5, 5.41) is 12.4. The third-order valence-corrected chi connectivity index (χ3v) is 5.68. The van der Waals surface area contributed by atoms with Crippen LogP contribution < -0.4 is 5.32 Å². The summed E-state index contributed by atoms with van der Waals surface area (Å²) in [7, 11) is 0. The van der Waals surface area contributed by atoms with Crippen LogP contribution in [0.1, 0.15) is 71.1 Å². The van der Waals surface area contributed by atoms with E-state index in [1.54, 1.807) is 0 Å². The minimum atomic E-state index is -1.03. The largest absolute Gasteiger partial charge is 0.480 e. The van der Waals surface area contributed by atoms with Gasteiger partial charge in [0.15, 0.2) is 0 Å². The van der Waals surface area contributed by atoms with E-state index in [0.29, 0.717) is 31.1 Å². The molecular weight excluding hydrogens is 294 g/mol. The van der Waals surface area contributed by atoms with Crippen LogP contribution in [0, 0.1) is 11.8 Å². The lowest BCUT2D eigenvalue weighted by atomic mass is 9.75. The average molecular weight is 325 g/mol. The number of carbonyl (C=O) groups is 2. The predicted molar refractivity (Wildman–Crippen MR) is 88.2 cm³/mol. The fourth-order valence-electron chi connectivity index (χ4n) is 3.89. The molecule has 1 heterocycles. The van der Waals surface area contributed by atoms with E-state index in [-0.39, 0.29) is 5.91 Å². The zero-order chi connectivity index (χ0) is 16.7. The molecule has 2 rings (SSSR count). The molecule has 5 heteroatoms. The molecule has 2 fully saturated rings. The van der Waals surface area contributed by atoms with E-state index in [0.717, 1.165) is 58.2 Å². The summed E-state index contributed by atoms with van der Waals surface area (Å²) < 4.78 is 5.34. The van der Waals surface area contributed by atoms with Gasteiger partial charge in [-0.3, -0.25) is 4.79 Å². The molecule has 0 bridgehead atoms. The highest BCUT2D eigenvalue weighted by Gasteiger charge is 2.42. The van der Waals surface area contributed by atoms with Crippen LogP contribution in [0.3, 0.4) is 0 Å². The Labute approximate surface area is 139 Å². The van der Waals surface area contributed by atoms with E-state index in [4.69, 9.17) is 4.74 Å². The number of hydrogen-bond acceptors (Lipinski definition) is 3. The third kappa shape index (κ3) is 5.20. The van der Waals surface area contributed by atoms with Gasteiger partial charge in [-0.25, -0.2) is 4.79 Å². The molecule has 1 aliphatic heterocycles. The molecule has 132 valence electrons. The highest BCUT2D eigenvalue weighted by atomic mass is 16.5. The highest BCUT2D eigenvalue weighted by Crippen LogP contribution is 2.34. The van der Waals surface area contributed by atoms with Crippen molar-refractivity contribution in [2.45, 2.75) is 76.7 Å². The fourth-order valence-corrected chi connectivity index (χ4v) is 3.89. The average Bonchev–Trinajstić information content (AvgIpc) is 2.56. The van der Waals surface area contributed by atoms with Crippen LogP contribution in [0.15, 0.2) is 0 Å². The van der Waals surface area contributed by atoms with Gasteiger partial charge in [0, 0.05) is 19.6 Å². The Morgan fingerprint density at radius 3 is 2.35 bits per heavy atom. The Morgan fingerprint density at radius 1 is 1.13 bits per heavy atom. The molecule has 2 aliphatic rings. The monoisotopic (exact) mass is 325 g/mol. The number of carbonyl (C=O) groups excluding carboxylic acids is 1. The topological polar surface area (TPSA) is 75.6 Å². The van der Waals surface area contributed by atoms with Crippen LogP contribution in [-0.2, 0) is 14.3 Å². The van der Waals surface area contributed by atoms with Crippen molar-refractivity contribution in [3.05, 3.63) is 0 Å². The standard InChI is InChI=1S/C18H31NO4/c1-2-14-6-10-18(11-7-14,17(21)22)19-16(20)5-3-4-15-8-12-23-13-9-15/h14-15H,2-13H2,1H3,(H,19,20)(H,21,22). The zero-order valence-corrected chi connectivity index (χ0v) is 14.3. The summed E-state index contributed by atoms with van der Waals surface area (Å²) in [5.41, 5.74) is -1.03. The van der Waals surface area contributed by atoms with E-state index in [1.807, 2.05) is 0 Å². The summed E-state index contributed by atoms with van der Waals surface area (Å²) in [4.78, 5) is 23.9. The van der Waals surface area contributed by atoms with E-state index in [2.05, 4.69) is 12.2 Å². The normalized spacial score (nSPS) is 29.2. The summed E-state index contributed by atoms with van der Waals surface area (Å²) in [6.45, 7) is 3.81. The van der Waals surface area contributed by atoms with Gasteiger partial charge in [0.05, 0.1) is 0 Å². The summed E-state index contributed by atoms with van der Waals surface area (Å²) in [5.74, 6) is 0.289. The van der Waals surface area contributed by atoms with Gasteiger partial charge >= 0.3 is 5.97 Å². The minimum absolute atomic E-state index is 0.102. The fraction of sp³-hybridized carbons (Fsp3) is 0.889. The van der Waals surface area contributed by atoms with E-state index in [1.165, 1.54) is 0 Å². The number of hydrogen-bond donors (Lipinski definition) is 2. The van der Waals surface area contributed by atoms with E-state index < -0.39 is 11.5 Å². The first-order valence-corrected chi connectivity index (χ1v) is 9.18. The van der Waals surface area contributed by atoms with Crippen molar-refractivity contribution in [2.24, 2.45) is 11.8 Å². The highest BCUT2D eigenvalue weighted by molar-refractivity contribution is 5.87. The molecule has 0 spiro atoms. The number of ether oxygens (including phenoxy) is 1. The molecule has 0 aromatic rings. The first kappa shape index (κ1) is 18.2. The molecule has 0 radical (unpaired) electrons. The molecule has 1 saturated heterocycles. The number of rotatable bonds is 7. The Bertz CT molecular complexity index is 396. The second-order valence-electron chi connectivity index (χ2n) is 7.24. The first-order valence-electron chi connectivity index (χ1n) is 9.18. The smallest absolute Gasteiger partial charge is 0.329 e. The minimum Gasteiger partial charge on any atom is -0.480 e. The Kier molecular flexibility index (Phi) is 6.88. The maximum Gasteiger partial charge on any atom is 0.329 e. The maximum absolute atomic E-state index is 12.2. The second kappa shape index (κ2) is 8.67. The van der Waals surface area contributed by atoms with Crippen molar-refractivity contribution >= 4 is 11.9 Å². The first-order chi connectivity index (χ1) is 11.1. The molecule has 23 heavy (non-hydrogen) atoms. The molecule has 0 atom stereocenters. The van der Waals surface area contributed by atoms with Gasteiger partial charge in [-0.1, -0.05) is 13.3 Å². The van der Waals surface area contributed by atoms with Crippen LogP contribution in [-0.4, -0.2) is 35.7 Å². The third-order valence-electron chi connectivity index (χ3n) is 5.68. The molecule has 5 nitrogen and oxygen atoms in total. The van der Waals surface area contributed by atoms with Gasteiger partial charge in [0.2, 0.25) is 5.91 Å². The van der Waals surface area contributed by atoms with Gasteiger partial charge in [0.1, 0.15) is 5.54 Å². The molecule has 0 aromatic heterocycles. The van der Waals surface area contributed by atoms with Crippen molar-refractivity contribution < 1.29 is 19.4 Å². The lowest BCUT2D eigenvalue weighted by Crippen LogP contribution is -2.56. The van der Waals surface area contributed by atoms with Crippen LogP contribution in [0.2, 0.25) is 0 Å². The van der Waals surface area contributed by atoms with Gasteiger partial charge in [0.25, 0.3) is 0 Å². The van der Waals surface area contributed by atoms with Crippen molar-refractivity contribution in [2.75, 3.05) is 13.2 Å². The van der Waals surface area contributed by atoms with Crippen LogP contribution >= 0.6 is 0 Å². The molecule has 1 aliphatic carbocycles. The number of carboxylic acids is 1. The molecule has 0 unspecified atom stereocenters. The lowest BCUT2D eigenvalue weighted by Gasteiger charge is -2.37. The molecular formula is C18H31NO4. The zero-order valence-electron chi connectivity index (χ0n) is 14.3. The lowest BCUT2D eigenvalue weighted by molar-refractivity contribution is -0.149. The van der Waals surface area contributed by atoms with Gasteiger partial charge in [-0.15, -0.1) is 0 Å². The molecule has 0 aromatic carbocycles. The van der Waals surface area contributed by atoms with Crippen LogP contribution in [0.4, 0.5) is 0 Å². The second-order valence-corrected chi connectivity index (χ2v) is 7.24. The van der Waals surface area contributed by atoms with Crippen molar-refractivity contribution in [3.8, 4) is 0 Å². The Hall–Kier alpha value is -1.10. The van der Waals surface area contributed by atoms with Crippen LogP contribution in [0.25, 0.3) is 0 Å². The van der Waals surface area contributed by atoms with Crippen molar-refractivity contribution in [1.82, 2.24) is 5.32 Å². The molecule has 1 saturated carbocycles. The molecule has 1 amide bonds. The summed E-state index contributed by atoms with van der Waals surface area (Å²) in [6.07, 6.45) is 8.48. The number of aliphatic carboxylic acids is 1. The quantitative estimate of drug-likeness (QED) is 0.754. The maximum atomic E-state index is 12.2. The van der Waals surface area contributed by atoms with Crippen molar-refractivity contribution in [3.63, 3.8) is 0 Å². The Morgan fingerprint density at radius 2 is 1.78 bits per heavy atom. The predicted octanol–water partition coefficient (Wildman–Crippen LogP) is 3.12. The molecule has 2 N–H and O–H groups in total. The Balaban J connectivity index is 1.76. The van der Waals surface area contributed by atoms with Gasteiger partial charge < -0.3 is 15.2 Å². The van der Waals surface area contributed by atoms with Crippen molar-refractivity contribution in [1.29, 1.82) is 0 Å². The number of carboxylic acid groups (broad SMARTS) is 1.